The Morgan fingerprint density at radius 1 is 1.30 bits per heavy atom. The number of hydrogen-bond acceptors (Lipinski definition) is 2. The largest absolute Gasteiger partial charge is 0.480 e. The van der Waals surface area contributed by atoms with Gasteiger partial charge in [0.2, 0.25) is 5.91 Å². The number of benzene rings is 1. The normalized spacial score (nSPS) is 13.7. The predicted octanol–water partition coefficient (Wildman–Crippen LogP) is 3.11. The minimum Gasteiger partial charge on any atom is -0.480 e. The average molecular weight is 316 g/mol. The molecule has 5 nitrogen and oxygen atoms in total. The summed E-state index contributed by atoms with van der Waals surface area (Å²) in [4.78, 5) is 26.8. The standard InChI is InChI=1S/C18H24N2O3/c1-3-4-7-12(2)17(21)20-16(18(22)23)10-13-11-19-15-9-6-5-8-14(13)15/h5-6,8-9,11-12,16,19H,3-4,7,10H2,1-2H3,(H,20,21)(H,22,23)/t12?,16-/m0/s1. The molecule has 124 valence electrons. The fraction of sp³-hybridized carbons (Fsp3) is 0.444. The molecule has 2 aromatic rings. The van der Waals surface area contributed by atoms with Crippen LogP contribution in [0.5, 0.6) is 0 Å². The number of para-hydroxylation sites is 1. The van der Waals surface area contributed by atoms with Crippen LogP contribution in [0.1, 0.15) is 38.7 Å². The van der Waals surface area contributed by atoms with Gasteiger partial charge in [0.15, 0.2) is 0 Å². The monoisotopic (exact) mass is 316 g/mol. The number of carboxylic acid groups (broad SMARTS) is 1. The number of amides is 1. The van der Waals surface area contributed by atoms with Crippen LogP contribution >= 0.6 is 0 Å². The Kier molecular flexibility index (Phi) is 5.79. The lowest BCUT2D eigenvalue weighted by Crippen LogP contribution is -2.44. The second kappa shape index (κ2) is 7.81. The number of carbonyl (C=O) groups excluding carboxylic acids is 1. The summed E-state index contributed by atoms with van der Waals surface area (Å²) in [6.07, 6.45) is 4.85. The summed E-state index contributed by atoms with van der Waals surface area (Å²) < 4.78 is 0. The van der Waals surface area contributed by atoms with E-state index in [2.05, 4.69) is 17.2 Å². The van der Waals surface area contributed by atoms with Crippen molar-refractivity contribution in [3.05, 3.63) is 36.0 Å². The molecule has 2 rings (SSSR count). The van der Waals surface area contributed by atoms with Crippen molar-refractivity contribution >= 4 is 22.8 Å². The lowest BCUT2D eigenvalue weighted by Gasteiger charge is -2.17. The number of H-pyrrole nitrogens is 1. The number of aromatic nitrogens is 1. The maximum atomic E-state index is 12.2. The fourth-order valence-electron chi connectivity index (χ4n) is 2.68. The van der Waals surface area contributed by atoms with Crippen molar-refractivity contribution in [2.45, 2.75) is 45.6 Å². The third kappa shape index (κ3) is 4.34. The van der Waals surface area contributed by atoms with E-state index in [4.69, 9.17) is 0 Å². The highest BCUT2D eigenvalue weighted by atomic mass is 16.4. The molecule has 1 unspecified atom stereocenters. The van der Waals surface area contributed by atoms with Crippen molar-refractivity contribution in [3.8, 4) is 0 Å². The van der Waals surface area contributed by atoms with Crippen LogP contribution < -0.4 is 5.32 Å². The van der Waals surface area contributed by atoms with E-state index >= 15 is 0 Å². The van der Waals surface area contributed by atoms with Crippen LogP contribution in [0.15, 0.2) is 30.5 Å². The van der Waals surface area contributed by atoms with E-state index in [1.807, 2.05) is 37.4 Å². The molecule has 0 radical (unpaired) electrons. The zero-order valence-corrected chi connectivity index (χ0v) is 13.6. The van der Waals surface area contributed by atoms with Crippen LogP contribution in [0, 0.1) is 5.92 Å². The Labute approximate surface area is 136 Å². The number of rotatable bonds is 8. The lowest BCUT2D eigenvalue weighted by atomic mass is 10.0. The molecule has 2 atom stereocenters. The van der Waals surface area contributed by atoms with Gasteiger partial charge in [0.25, 0.3) is 0 Å². The minimum atomic E-state index is -1.01. The first kappa shape index (κ1) is 17.1. The van der Waals surface area contributed by atoms with Gasteiger partial charge < -0.3 is 15.4 Å². The van der Waals surface area contributed by atoms with E-state index < -0.39 is 12.0 Å². The molecule has 0 aliphatic heterocycles. The van der Waals surface area contributed by atoms with Crippen LogP contribution in [0.3, 0.4) is 0 Å². The fourth-order valence-corrected chi connectivity index (χ4v) is 2.68. The zero-order chi connectivity index (χ0) is 16.8. The molecule has 23 heavy (non-hydrogen) atoms. The number of hydrogen-bond donors (Lipinski definition) is 3. The number of fused-ring (bicyclic) bond motifs is 1. The molecular weight excluding hydrogens is 292 g/mol. The zero-order valence-electron chi connectivity index (χ0n) is 13.6. The smallest absolute Gasteiger partial charge is 0.326 e. The van der Waals surface area contributed by atoms with Crippen molar-refractivity contribution in [2.24, 2.45) is 5.92 Å². The number of unbranched alkanes of at least 4 members (excludes halogenated alkanes) is 1. The first-order valence-electron chi connectivity index (χ1n) is 8.11. The number of aliphatic carboxylic acids is 1. The summed E-state index contributed by atoms with van der Waals surface area (Å²) in [5.74, 6) is -1.36. The molecule has 1 aromatic carbocycles. The molecule has 5 heteroatoms. The highest BCUT2D eigenvalue weighted by molar-refractivity contribution is 5.87. The Morgan fingerprint density at radius 3 is 2.74 bits per heavy atom. The lowest BCUT2D eigenvalue weighted by molar-refractivity contribution is -0.142. The first-order chi connectivity index (χ1) is 11.0. The number of aromatic amines is 1. The number of carbonyl (C=O) groups is 2. The molecule has 0 bridgehead atoms. The van der Waals surface area contributed by atoms with E-state index in [1.54, 1.807) is 0 Å². The first-order valence-corrected chi connectivity index (χ1v) is 8.11. The van der Waals surface area contributed by atoms with Crippen LogP contribution in [0.4, 0.5) is 0 Å². The van der Waals surface area contributed by atoms with Crippen molar-refractivity contribution < 1.29 is 14.7 Å². The molecule has 0 saturated heterocycles. The molecule has 3 N–H and O–H groups in total. The second-order valence-electron chi connectivity index (χ2n) is 6.01. The Hall–Kier alpha value is -2.30. The summed E-state index contributed by atoms with van der Waals surface area (Å²) in [7, 11) is 0. The van der Waals surface area contributed by atoms with Crippen molar-refractivity contribution in [2.75, 3.05) is 0 Å². The van der Waals surface area contributed by atoms with Gasteiger partial charge in [0.05, 0.1) is 0 Å². The van der Waals surface area contributed by atoms with E-state index in [1.165, 1.54) is 0 Å². The molecule has 0 aliphatic carbocycles. The van der Waals surface area contributed by atoms with Crippen LogP contribution in [-0.4, -0.2) is 28.0 Å². The minimum absolute atomic E-state index is 0.167. The molecule has 0 fully saturated rings. The van der Waals surface area contributed by atoms with Gasteiger partial charge >= 0.3 is 5.97 Å². The van der Waals surface area contributed by atoms with E-state index in [-0.39, 0.29) is 18.2 Å². The Bertz CT molecular complexity index is 678. The van der Waals surface area contributed by atoms with Gasteiger partial charge in [-0.15, -0.1) is 0 Å². The molecule has 0 saturated carbocycles. The van der Waals surface area contributed by atoms with Gasteiger partial charge in [-0.2, -0.15) is 0 Å². The number of nitrogens with one attached hydrogen (secondary N) is 2. The summed E-state index contributed by atoms with van der Waals surface area (Å²) in [6.45, 7) is 3.91. The van der Waals surface area contributed by atoms with Gasteiger partial charge in [-0.1, -0.05) is 44.9 Å². The second-order valence-corrected chi connectivity index (χ2v) is 6.01. The summed E-state index contributed by atoms with van der Waals surface area (Å²) in [5, 5.41) is 13.1. The molecule has 1 aromatic heterocycles. The predicted molar refractivity (Wildman–Crippen MR) is 90.3 cm³/mol. The van der Waals surface area contributed by atoms with Crippen molar-refractivity contribution in [1.82, 2.24) is 10.3 Å². The summed E-state index contributed by atoms with van der Waals surface area (Å²) in [5.41, 5.74) is 1.86. The summed E-state index contributed by atoms with van der Waals surface area (Å²) in [6, 6.07) is 6.83. The van der Waals surface area contributed by atoms with Crippen LogP contribution in [0.25, 0.3) is 10.9 Å². The van der Waals surface area contributed by atoms with Crippen LogP contribution in [0.2, 0.25) is 0 Å². The van der Waals surface area contributed by atoms with Gasteiger partial charge in [-0.25, -0.2) is 4.79 Å². The van der Waals surface area contributed by atoms with Gasteiger partial charge in [0, 0.05) is 29.4 Å². The Balaban J connectivity index is 2.07. The highest BCUT2D eigenvalue weighted by Gasteiger charge is 2.24. The van der Waals surface area contributed by atoms with Gasteiger partial charge in [-0.3, -0.25) is 4.79 Å². The molecule has 1 heterocycles. The molecule has 0 spiro atoms. The summed E-state index contributed by atoms with van der Waals surface area (Å²) >= 11 is 0. The van der Waals surface area contributed by atoms with E-state index in [0.29, 0.717) is 0 Å². The number of carboxylic acids is 1. The third-order valence-corrected chi connectivity index (χ3v) is 4.15. The maximum Gasteiger partial charge on any atom is 0.326 e. The molecule has 0 aliphatic rings. The van der Waals surface area contributed by atoms with E-state index in [0.717, 1.165) is 35.7 Å². The van der Waals surface area contributed by atoms with Crippen LogP contribution in [-0.2, 0) is 16.0 Å². The molecule has 1 amide bonds. The molecular formula is C18H24N2O3. The van der Waals surface area contributed by atoms with Gasteiger partial charge in [-0.05, 0) is 18.1 Å². The average Bonchev–Trinajstić information content (AvgIpc) is 2.95. The third-order valence-electron chi connectivity index (χ3n) is 4.15. The SMILES string of the molecule is CCCCC(C)C(=O)N[C@@H](Cc1c[nH]c2ccccc12)C(=O)O. The Morgan fingerprint density at radius 2 is 2.04 bits per heavy atom. The highest BCUT2D eigenvalue weighted by Crippen LogP contribution is 2.19. The van der Waals surface area contributed by atoms with Crippen molar-refractivity contribution in [3.63, 3.8) is 0 Å². The van der Waals surface area contributed by atoms with Crippen molar-refractivity contribution in [1.29, 1.82) is 0 Å². The topological polar surface area (TPSA) is 82.2 Å². The quantitative estimate of drug-likeness (QED) is 0.700. The maximum absolute atomic E-state index is 12.2. The van der Waals surface area contributed by atoms with Gasteiger partial charge in [0.1, 0.15) is 6.04 Å². The van der Waals surface area contributed by atoms with E-state index in [9.17, 15) is 14.7 Å².